The van der Waals surface area contributed by atoms with Crippen molar-refractivity contribution >= 4 is 27.5 Å². The highest BCUT2D eigenvalue weighted by molar-refractivity contribution is 7.92. The molecule has 1 atom stereocenters. The maximum absolute atomic E-state index is 14.0. The standard InChI is InChI=1S/C35H49N3O4S/c1-4-6-17-36-34(40)32(5-2)37(18-16-26-10-8-7-9-11-26)33(39)25-38(43(3,41)42)31-14-12-30(13-15-31)35-22-27-19-28(23-35)21-29(20-27)24-35/h7-15,27-29,32H,4-6,16-25H2,1-3H3,(H,36,40). The molecule has 2 amide bonds. The highest BCUT2D eigenvalue weighted by Crippen LogP contribution is 2.60. The van der Waals surface area contributed by atoms with Gasteiger partial charge in [0.1, 0.15) is 12.6 Å². The van der Waals surface area contributed by atoms with Crippen LogP contribution in [0.3, 0.4) is 0 Å². The molecule has 4 fully saturated rings. The SMILES string of the molecule is CCCCNC(=O)C(CC)N(CCc1ccccc1)C(=O)CN(c1ccc(C23CC4CC(CC(C4)C2)C3)cc1)S(C)(=O)=O. The van der Waals surface area contributed by atoms with Crippen LogP contribution in [0.5, 0.6) is 0 Å². The van der Waals surface area contributed by atoms with Crippen molar-refractivity contribution in [2.75, 3.05) is 30.2 Å². The van der Waals surface area contributed by atoms with Gasteiger partial charge in [0.25, 0.3) is 0 Å². The largest absolute Gasteiger partial charge is 0.354 e. The summed E-state index contributed by atoms with van der Waals surface area (Å²) in [7, 11) is -3.76. The van der Waals surface area contributed by atoms with E-state index in [9.17, 15) is 18.0 Å². The molecule has 2 aromatic rings. The summed E-state index contributed by atoms with van der Waals surface area (Å²) in [6, 6.07) is 17.1. The highest BCUT2D eigenvalue weighted by atomic mass is 32.2. The molecule has 1 unspecified atom stereocenters. The number of amides is 2. The van der Waals surface area contributed by atoms with Gasteiger partial charge in [0.2, 0.25) is 21.8 Å². The van der Waals surface area contributed by atoms with E-state index in [2.05, 4.69) is 24.4 Å². The minimum atomic E-state index is -3.76. The number of rotatable bonds is 14. The van der Waals surface area contributed by atoms with Crippen LogP contribution in [0.4, 0.5) is 5.69 Å². The average molecular weight is 608 g/mol. The Labute approximate surface area is 258 Å². The van der Waals surface area contributed by atoms with Crippen LogP contribution >= 0.6 is 0 Å². The summed E-state index contributed by atoms with van der Waals surface area (Å²) in [6.45, 7) is 4.49. The molecule has 234 valence electrons. The number of benzene rings is 2. The summed E-state index contributed by atoms with van der Waals surface area (Å²) in [5, 5.41) is 2.98. The van der Waals surface area contributed by atoms with Crippen LogP contribution in [-0.2, 0) is 31.4 Å². The van der Waals surface area contributed by atoms with Crippen LogP contribution < -0.4 is 9.62 Å². The van der Waals surface area contributed by atoms with Crippen molar-refractivity contribution in [3.05, 3.63) is 65.7 Å². The van der Waals surface area contributed by atoms with Crippen LogP contribution in [0.25, 0.3) is 0 Å². The number of unbranched alkanes of at least 4 members (excludes halogenated alkanes) is 1. The summed E-state index contributed by atoms with van der Waals surface area (Å²) in [6.07, 6.45) is 11.8. The lowest BCUT2D eigenvalue weighted by Crippen LogP contribution is -2.53. The summed E-state index contributed by atoms with van der Waals surface area (Å²) >= 11 is 0. The highest BCUT2D eigenvalue weighted by Gasteiger charge is 2.51. The first-order valence-corrected chi connectivity index (χ1v) is 18.2. The Kier molecular flexibility index (Phi) is 9.84. The van der Waals surface area contributed by atoms with E-state index in [1.807, 2.05) is 49.4 Å². The predicted octanol–water partition coefficient (Wildman–Crippen LogP) is 5.69. The number of nitrogens with one attached hydrogen (secondary N) is 1. The van der Waals surface area contributed by atoms with Crippen LogP contribution in [0.15, 0.2) is 54.6 Å². The number of carbonyl (C=O) groups excluding carboxylic acids is 2. The molecule has 6 rings (SSSR count). The zero-order valence-corrected chi connectivity index (χ0v) is 27.0. The Bertz CT molecular complexity index is 1320. The number of hydrogen-bond acceptors (Lipinski definition) is 4. The second-order valence-electron chi connectivity index (χ2n) is 13.4. The number of sulfonamides is 1. The van der Waals surface area contributed by atoms with Gasteiger partial charge in [-0.05, 0) is 104 Å². The second kappa shape index (κ2) is 13.4. The van der Waals surface area contributed by atoms with Crippen molar-refractivity contribution in [3.63, 3.8) is 0 Å². The zero-order chi connectivity index (χ0) is 30.6. The van der Waals surface area contributed by atoms with Gasteiger partial charge in [0, 0.05) is 13.1 Å². The third kappa shape index (κ3) is 7.27. The molecule has 0 radical (unpaired) electrons. The molecule has 0 aromatic heterocycles. The molecule has 1 N–H and O–H groups in total. The molecule has 4 bridgehead atoms. The van der Waals surface area contributed by atoms with Crippen LogP contribution in [0.1, 0.15) is 82.8 Å². The van der Waals surface area contributed by atoms with Crippen molar-refractivity contribution in [2.45, 2.75) is 89.5 Å². The lowest BCUT2D eigenvalue weighted by Gasteiger charge is -2.57. The number of hydrogen-bond donors (Lipinski definition) is 1. The molecule has 4 saturated carbocycles. The van der Waals surface area contributed by atoms with Gasteiger partial charge < -0.3 is 10.2 Å². The van der Waals surface area contributed by atoms with Gasteiger partial charge in [-0.2, -0.15) is 0 Å². The molecule has 4 aliphatic carbocycles. The fourth-order valence-electron chi connectivity index (χ4n) is 8.46. The first-order valence-electron chi connectivity index (χ1n) is 16.3. The Morgan fingerprint density at radius 3 is 2.07 bits per heavy atom. The fraction of sp³-hybridized carbons (Fsp3) is 0.600. The first kappa shape index (κ1) is 31.6. The molecular weight excluding hydrogens is 558 g/mol. The Hall–Kier alpha value is -2.87. The van der Waals surface area contributed by atoms with E-state index in [0.717, 1.165) is 42.4 Å². The molecular formula is C35H49N3O4S. The van der Waals surface area contributed by atoms with Crippen molar-refractivity contribution < 1.29 is 18.0 Å². The van der Waals surface area contributed by atoms with Gasteiger partial charge in [-0.3, -0.25) is 13.9 Å². The van der Waals surface area contributed by atoms with Gasteiger partial charge in [0.05, 0.1) is 11.9 Å². The smallest absolute Gasteiger partial charge is 0.244 e. The van der Waals surface area contributed by atoms with E-state index in [-0.39, 0.29) is 23.8 Å². The summed E-state index contributed by atoms with van der Waals surface area (Å²) < 4.78 is 27.4. The monoisotopic (exact) mass is 607 g/mol. The van der Waals surface area contributed by atoms with E-state index in [4.69, 9.17) is 0 Å². The molecule has 2 aromatic carbocycles. The second-order valence-corrected chi connectivity index (χ2v) is 15.3. The average Bonchev–Trinajstić information content (AvgIpc) is 2.97. The third-order valence-corrected chi connectivity index (χ3v) is 11.3. The normalized spacial score (nSPS) is 24.9. The quantitative estimate of drug-likeness (QED) is 0.280. The lowest BCUT2D eigenvalue weighted by molar-refractivity contribution is -0.139. The summed E-state index contributed by atoms with van der Waals surface area (Å²) in [4.78, 5) is 28.8. The number of carbonyl (C=O) groups is 2. The van der Waals surface area contributed by atoms with Crippen LogP contribution in [0, 0.1) is 17.8 Å². The van der Waals surface area contributed by atoms with E-state index in [1.54, 1.807) is 4.90 Å². The van der Waals surface area contributed by atoms with E-state index >= 15 is 0 Å². The lowest BCUT2D eigenvalue weighted by atomic mass is 9.48. The molecule has 0 aliphatic heterocycles. The van der Waals surface area contributed by atoms with Crippen LogP contribution in [-0.4, -0.2) is 57.1 Å². The van der Waals surface area contributed by atoms with Gasteiger partial charge in [0.15, 0.2) is 0 Å². The Morgan fingerprint density at radius 2 is 1.53 bits per heavy atom. The first-order chi connectivity index (χ1) is 20.6. The zero-order valence-electron chi connectivity index (χ0n) is 26.1. The molecule has 0 spiro atoms. The molecule has 43 heavy (non-hydrogen) atoms. The van der Waals surface area contributed by atoms with E-state index in [0.29, 0.717) is 31.6 Å². The molecule has 7 nitrogen and oxygen atoms in total. The Morgan fingerprint density at radius 1 is 0.930 bits per heavy atom. The van der Waals surface area contributed by atoms with E-state index in [1.165, 1.54) is 48.4 Å². The minimum Gasteiger partial charge on any atom is -0.354 e. The molecule has 0 saturated heterocycles. The van der Waals surface area contributed by atoms with Gasteiger partial charge in [-0.15, -0.1) is 0 Å². The maximum Gasteiger partial charge on any atom is 0.244 e. The molecule has 0 heterocycles. The van der Waals surface area contributed by atoms with Crippen LogP contribution in [0.2, 0.25) is 0 Å². The van der Waals surface area contributed by atoms with E-state index < -0.39 is 16.1 Å². The van der Waals surface area contributed by atoms with Crippen molar-refractivity contribution in [3.8, 4) is 0 Å². The summed E-state index contributed by atoms with van der Waals surface area (Å²) in [5.41, 5.74) is 3.08. The van der Waals surface area contributed by atoms with Crippen molar-refractivity contribution in [2.24, 2.45) is 17.8 Å². The topological polar surface area (TPSA) is 86.8 Å². The number of anilines is 1. The number of nitrogens with zero attached hydrogens (tertiary/aromatic N) is 2. The van der Waals surface area contributed by atoms with Gasteiger partial charge >= 0.3 is 0 Å². The molecule has 8 heteroatoms. The Balaban J connectivity index is 1.36. The van der Waals surface area contributed by atoms with Gasteiger partial charge in [-0.1, -0.05) is 62.7 Å². The van der Waals surface area contributed by atoms with Crippen molar-refractivity contribution in [1.82, 2.24) is 10.2 Å². The summed E-state index contributed by atoms with van der Waals surface area (Å²) in [5.74, 6) is 1.91. The molecule has 4 aliphatic rings. The minimum absolute atomic E-state index is 0.191. The third-order valence-electron chi connectivity index (χ3n) is 10.2. The maximum atomic E-state index is 14.0. The van der Waals surface area contributed by atoms with Gasteiger partial charge in [-0.25, -0.2) is 8.42 Å². The predicted molar refractivity (Wildman–Crippen MR) is 172 cm³/mol. The fourth-order valence-corrected chi connectivity index (χ4v) is 9.31. The van der Waals surface area contributed by atoms with Crippen molar-refractivity contribution in [1.29, 1.82) is 0 Å².